The molecule has 2 heteroatoms. The Kier molecular flexibility index (Phi) is 2.67. The summed E-state index contributed by atoms with van der Waals surface area (Å²) in [6.45, 7) is 3.17. The van der Waals surface area contributed by atoms with E-state index in [-0.39, 0.29) is 0 Å². The minimum Gasteiger partial charge on any atom is -0.334 e. The summed E-state index contributed by atoms with van der Waals surface area (Å²) in [4.78, 5) is 4.09. The van der Waals surface area contributed by atoms with E-state index >= 15 is 0 Å². The Balaban J connectivity index is 1.70. The first-order chi connectivity index (χ1) is 6.36. The van der Waals surface area contributed by atoms with Gasteiger partial charge in [-0.25, -0.2) is 4.98 Å². The zero-order valence-electron chi connectivity index (χ0n) is 8.29. The quantitative estimate of drug-likeness (QED) is 0.691. The van der Waals surface area contributed by atoms with Crippen LogP contribution in [0.3, 0.4) is 0 Å². The Morgan fingerprint density at radius 2 is 2.46 bits per heavy atom. The lowest BCUT2D eigenvalue weighted by atomic mass is 9.82. The molecule has 0 spiro atoms. The van der Waals surface area contributed by atoms with Crippen molar-refractivity contribution in [1.29, 1.82) is 0 Å². The van der Waals surface area contributed by atoms with Gasteiger partial charge in [-0.15, -0.1) is 0 Å². The SMILES string of the molecule is Cc1n[c]cn1CCCC1CCC1. The van der Waals surface area contributed by atoms with E-state index < -0.39 is 0 Å². The van der Waals surface area contributed by atoms with E-state index in [0.29, 0.717) is 0 Å². The largest absolute Gasteiger partial charge is 0.334 e. The number of imidazole rings is 1. The molecule has 71 valence electrons. The van der Waals surface area contributed by atoms with Gasteiger partial charge in [0.2, 0.25) is 0 Å². The van der Waals surface area contributed by atoms with Crippen molar-refractivity contribution in [2.24, 2.45) is 5.92 Å². The van der Waals surface area contributed by atoms with Crippen LogP contribution < -0.4 is 0 Å². The van der Waals surface area contributed by atoms with Crippen LogP contribution in [0, 0.1) is 19.0 Å². The average molecular weight is 177 g/mol. The summed E-state index contributed by atoms with van der Waals surface area (Å²) in [5.74, 6) is 2.13. The Labute approximate surface area is 80.0 Å². The van der Waals surface area contributed by atoms with Crippen molar-refractivity contribution in [3.8, 4) is 0 Å². The minimum atomic E-state index is 1.04. The van der Waals surface area contributed by atoms with Gasteiger partial charge < -0.3 is 4.57 Å². The maximum absolute atomic E-state index is 4.09. The zero-order chi connectivity index (χ0) is 9.10. The van der Waals surface area contributed by atoms with Gasteiger partial charge in [-0.05, 0) is 25.7 Å². The molecule has 1 aliphatic rings. The Hall–Kier alpha value is -0.790. The lowest BCUT2D eigenvalue weighted by Gasteiger charge is -2.25. The van der Waals surface area contributed by atoms with Crippen molar-refractivity contribution in [2.75, 3.05) is 0 Å². The molecule has 1 saturated carbocycles. The molecule has 1 aliphatic carbocycles. The molecule has 0 aliphatic heterocycles. The molecule has 0 atom stereocenters. The van der Waals surface area contributed by atoms with Crippen molar-refractivity contribution in [1.82, 2.24) is 9.55 Å². The third-order valence-electron chi connectivity index (χ3n) is 3.09. The Morgan fingerprint density at radius 1 is 1.62 bits per heavy atom. The van der Waals surface area contributed by atoms with Crippen LogP contribution in [0.1, 0.15) is 37.9 Å². The van der Waals surface area contributed by atoms with Crippen LogP contribution >= 0.6 is 0 Å². The molecule has 1 aromatic rings. The van der Waals surface area contributed by atoms with Crippen LogP contribution in [0.5, 0.6) is 0 Å². The van der Waals surface area contributed by atoms with Crippen LogP contribution in [-0.2, 0) is 6.54 Å². The fourth-order valence-corrected chi connectivity index (χ4v) is 1.91. The summed E-state index contributed by atoms with van der Waals surface area (Å²) in [6, 6.07) is 0. The number of aryl methyl sites for hydroxylation is 2. The predicted octanol–water partition coefficient (Wildman–Crippen LogP) is 2.57. The van der Waals surface area contributed by atoms with Gasteiger partial charge in [0.1, 0.15) is 12.0 Å². The van der Waals surface area contributed by atoms with Gasteiger partial charge in [-0.2, -0.15) is 0 Å². The standard InChI is InChI=1S/C11H17N2/c1-10-12-7-9-13(10)8-3-6-11-4-2-5-11/h9,11H,2-6,8H2,1H3. The smallest absolute Gasteiger partial charge is 0.109 e. The Bertz CT molecular complexity index is 261. The molecule has 1 heterocycles. The second kappa shape index (κ2) is 3.95. The summed E-state index contributed by atoms with van der Waals surface area (Å²) in [5.41, 5.74) is 0. The average Bonchev–Trinajstić information content (AvgIpc) is 2.42. The first kappa shape index (κ1) is 8.79. The molecule has 0 saturated heterocycles. The number of aromatic nitrogens is 2. The summed E-state index contributed by atoms with van der Waals surface area (Å²) >= 11 is 0. The van der Waals surface area contributed by atoms with Gasteiger partial charge in [-0.1, -0.05) is 19.3 Å². The van der Waals surface area contributed by atoms with Crippen LogP contribution in [0.2, 0.25) is 0 Å². The van der Waals surface area contributed by atoms with E-state index in [9.17, 15) is 0 Å². The topological polar surface area (TPSA) is 17.8 Å². The molecule has 0 N–H and O–H groups in total. The van der Waals surface area contributed by atoms with Gasteiger partial charge in [0.15, 0.2) is 0 Å². The summed E-state index contributed by atoms with van der Waals surface area (Å²) in [6.07, 6.45) is 11.9. The number of hydrogen-bond donors (Lipinski definition) is 0. The van der Waals surface area contributed by atoms with Crippen LogP contribution in [-0.4, -0.2) is 9.55 Å². The van der Waals surface area contributed by atoms with Gasteiger partial charge in [0.05, 0.1) is 0 Å². The predicted molar refractivity (Wildman–Crippen MR) is 52.4 cm³/mol. The number of rotatable bonds is 4. The normalized spacial score (nSPS) is 17.3. The first-order valence-corrected chi connectivity index (χ1v) is 5.26. The molecular formula is C11H17N2. The van der Waals surface area contributed by atoms with E-state index in [2.05, 4.69) is 15.7 Å². The lowest BCUT2D eigenvalue weighted by Crippen LogP contribution is -2.11. The Morgan fingerprint density at radius 3 is 3.00 bits per heavy atom. The van der Waals surface area contributed by atoms with Crippen molar-refractivity contribution in [3.05, 3.63) is 18.2 Å². The first-order valence-electron chi connectivity index (χ1n) is 5.26. The molecule has 0 bridgehead atoms. The maximum Gasteiger partial charge on any atom is 0.109 e. The minimum absolute atomic E-state index is 1.04. The lowest BCUT2D eigenvalue weighted by molar-refractivity contribution is 0.284. The third kappa shape index (κ3) is 2.11. The fraction of sp³-hybridized carbons (Fsp3) is 0.727. The summed E-state index contributed by atoms with van der Waals surface area (Å²) in [7, 11) is 0. The molecule has 0 amide bonds. The van der Waals surface area contributed by atoms with Crippen LogP contribution in [0.25, 0.3) is 0 Å². The van der Waals surface area contributed by atoms with Gasteiger partial charge >= 0.3 is 0 Å². The summed E-state index contributed by atoms with van der Waals surface area (Å²) < 4.78 is 2.19. The molecule has 1 fully saturated rings. The van der Waals surface area contributed by atoms with Crippen molar-refractivity contribution >= 4 is 0 Å². The zero-order valence-corrected chi connectivity index (χ0v) is 8.29. The molecule has 2 rings (SSSR count). The molecule has 2 nitrogen and oxygen atoms in total. The van der Waals surface area contributed by atoms with Crippen molar-refractivity contribution < 1.29 is 0 Å². The second-order valence-corrected chi connectivity index (χ2v) is 4.05. The highest BCUT2D eigenvalue weighted by Crippen LogP contribution is 2.30. The molecule has 0 aromatic carbocycles. The monoisotopic (exact) mass is 177 g/mol. The molecule has 1 radical (unpaired) electrons. The van der Waals surface area contributed by atoms with E-state index in [1.807, 2.05) is 13.1 Å². The fourth-order valence-electron chi connectivity index (χ4n) is 1.91. The molecule has 0 unspecified atom stereocenters. The van der Waals surface area contributed by atoms with Crippen LogP contribution in [0.4, 0.5) is 0 Å². The highest BCUT2D eigenvalue weighted by molar-refractivity contribution is 4.86. The van der Waals surface area contributed by atoms with E-state index in [0.717, 1.165) is 18.3 Å². The van der Waals surface area contributed by atoms with E-state index in [1.165, 1.54) is 32.1 Å². The maximum atomic E-state index is 4.09. The van der Waals surface area contributed by atoms with Crippen LogP contribution in [0.15, 0.2) is 6.20 Å². The van der Waals surface area contributed by atoms with E-state index in [4.69, 9.17) is 0 Å². The number of hydrogen-bond acceptors (Lipinski definition) is 1. The molecule has 1 aromatic heterocycles. The third-order valence-corrected chi connectivity index (χ3v) is 3.09. The van der Waals surface area contributed by atoms with E-state index in [1.54, 1.807) is 0 Å². The highest BCUT2D eigenvalue weighted by Gasteiger charge is 2.16. The number of nitrogens with zero attached hydrogens (tertiary/aromatic N) is 2. The highest BCUT2D eigenvalue weighted by atomic mass is 15.0. The van der Waals surface area contributed by atoms with Gasteiger partial charge in [0, 0.05) is 12.7 Å². The van der Waals surface area contributed by atoms with Gasteiger partial charge in [-0.3, -0.25) is 0 Å². The summed E-state index contributed by atoms with van der Waals surface area (Å²) in [5, 5.41) is 0. The van der Waals surface area contributed by atoms with Crippen molar-refractivity contribution in [2.45, 2.75) is 45.6 Å². The van der Waals surface area contributed by atoms with Gasteiger partial charge in [0.25, 0.3) is 0 Å². The second-order valence-electron chi connectivity index (χ2n) is 4.05. The van der Waals surface area contributed by atoms with Crippen molar-refractivity contribution in [3.63, 3.8) is 0 Å². The molecular weight excluding hydrogens is 160 g/mol. The molecule has 13 heavy (non-hydrogen) atoms.